The number of nitrogens with one attached hydrogen (secondary N) is 1. The van der Waals surface area contributed by atoms with Crippen molar-refractivity contribution < 1.29 is 17.9 Å². The van der Waals surface area contributed by atoms with Gasteiger partial charge in [0, 0.05) is 11.6 Å². The minimum atomic E-state index is -4.36. The van der Waals surface area contributed by atoms with Crippen molar-refractivity contribution in [2.75, 3.05) is 11.9 Å². The Morgan fingerprint density at radius 2 is 1.67 bits per heavy atom. The van der Waals surface area contributed by atoms with Crippen LogP contribution in [0.3, 0.4) is 0 Å². The molecule has 0 radical (unpaired) electrons. The largest absolute Gasteiger partial charge is 0.482 e. The number of anilines is 1. The third-order valence-corrected chi connectivity index (χ3v) is 2.93. The fourth-order valence-electron chi connectivity index (χ4n) is 1.70. The summed E-state index contributed by atoms with van der Waals surface area (Å²) in [5, 5.41) is 3.68. The summed E-state index contributed by atoms with van der Waals surface area (Å²) in [5.41, 5.74) is 1.47. The number of para-hydroxylation sites is 2. The van der Waals surface area contributed by atoms with Crippen LogP contribution < -0.4 is 10.1 Å². The van der Waals surface area contributed by atoms with E-state index in [1.54, 1.807) is 30.3 Å². The lowest BCUT2D eigenvalue weighted by molar-refractivity contribution is -0.153. The third-order valence-electron chi connectivity index (χ3n) is 2.67. The maximum atomic E-state index is 12.2. The molecule has 0 heterocycles. The highest BCUT2D eigenvalue weighted by atomic mass is 35.5. The van der Waals surface area contributed by atoms with E-state index in [0.29, 0.717) is 17.3 Å². The molecule has 0 unspecified atom stereocenters. The molecule has 0 spiro atoms. The average Bonchev–Trinajstić information content (AvgIpc) is 2.44. The van der Waals surface area contributed by atoms with Gasteiger partial charge in [-0.25, -0.2) is 0 Å². The second-order valence-corrected chi connectivity index (χ2v) is 4.82. The van der Waals surface area contributed by atoms with Crippen molar-refractivity contribution in [3.05, 3.63) is 59.1 Å². The zero-order chi connectivity index (χ0) is 15.3. The molecule has 2 aromatic carbocycles. The number of halogens is 4. The van der Waals surface area contributed by atoms with Crippen LogP contribution >= 0.6 is 11.6 Å². The molecule has 2 nitrogen and oxygen atoms in total. The van der Waals surface area contributed by atoms with Gasteiger partial charge in [-0.3, -0.25) is 0 Å². The predicted octanol–water partition coefficient (Wildman–Crippen LogP) is 4.89. The third kappa shape index (κ3) is 5.19. The number of alkyl halides is 3. The highest BCUT2D eigenvalue weighted by Crippen LogP contribution is 2.26. The number of hydrogen-bond acceptors (Lipinski definition) is 2. The predicted molar refractivity (Wildman–Crippen MR) is 76.8 cm³/mol. The van der Waals surface area contributed by atoms with Crippen molar-refractivity contribution in [1.29, 1.82) is 0 Å². The van der Waals surface area contributed by atoms with Gasteiger partial charge in [0.25, 0.3) is 0 Å². The van der Waals surface area contributed by atoms with Crippen molar-refractivity contribution >= 4 is 17.3 Å². The first-order valence-electron chi connectivity index (χ1n) is 6.21. The minimum absolute atomic E-state index is 0.170. The molecule has 0 aromatic heterocycles. The second kappa shape index (κ2) is 6.72. The van der Waals surface area contributed by atoms with Gasteiger partial charge in [0.05, 0.1) is 5.69 Å². The smallest absolute Gasteiger partial charge is 0.422 e. The fourth-order valence-corrected chi connectivity index (χ4v) is 1.82. The van der Waals surface area contributed by atoms with Gasteiger partial charge in [0.1, 0.15) is 5.75 Å². The van der Waals surface area contributed by atoms with Gasteiger partial charge in [-0.05, 0) is 29.8 Å². The van der Waals surface area contributed by atoms with Crippen LogP contribution in [0.2, 0.25) is 5.02 Å². The van der Waals surface area contributed by atoms with Crippen molar-refractivity contribution in [3.63, 3.8) is 0 Å². The van der Waals surface area contributed by atoms with E-state index < -0.39 is 12.8 Å². The summed E-state index contributed by atoms with van der Waals surface area (Å²) in [5.74, 6) is 0.170. The topological polar surface area (TPSA) is 21.3 Å². The summed E-state index contributed by atoms with van der Waals surface area (Å²) in [6, 6.07) is 13.7. The van der Waals surface area contributed by atoms with Gasteiger partial charge in [0.15, 0.2) is 6.61 Å². The SMILES string of the molecule is FC(F)(F)COc1ccccc1NCc1ccc(Cl)cc1. The van der Waals surface area contributed by atoms with Crippen molar-refractivity contribution in [1.82, 2.24) is 0 Å². The van der Waals surface area contributed by atoms with E-state index in [1.165, 1.54) is 6.07 Å². The van der Waals surface area contributed by atoms with E-state index in [9.17, 15) is 13.2 Å². The Morgan fingerprint density at radius 1 is 1.00 bits per heavy atom. The molecule has 0 aliphatic rings. The van der Waals surface area contributed by atoms with Crippen molar-refractivity contribution in [3.8, 4) is 5.75 Å². The molecule has 0 saturated carbocycles. The lowest BCUT2D eigenvalue weighted by Gasteiger charge is -2.14. The molecule has 0 amide bonds. The van der Waals surface area contributed by atoms with Crippen LogP contribution in [0.25, 0.3) is 0 Å². The molecule has 2 rings (SSSR count). The van der Waals surface area contributed by atoms with Crippen molar-refractivity contribution in [2.24, 2.45) is 0 Å². The van der Waals surface area contributed by atoms with E-state index in [2.05, 4.69) is 5.32 Å². The fraction of sp³-hybridized carbons (Fsp3) is 0.200. The standard InChI is InChI=1S/C15H13ClF3NO/c16-12-7-5-11(6-8-12)9-20-13-3-1-2-4-14(13)21-10-15(17,18)19/h1-8,20H,9-10H2. The zero-order valence-corrected chi connectivity index (χ0v) is 11.7. The van der Waals surface area contributed by atoms with Crippen LogP contribution in [0.15, 0.2) is 48.5 Å². The van der Waals surface area contributed by atoms with Gasteiger partial charge in [-0.1, -0.05) is 35.9 Å². The first-order valence-corrected chi connectivity index (χ1v) is 6.59. The molecule has 1 N–H and O–H groups in total. The molecule has 0 aliphatic carbocycles. The molecule has 0 fully saturated rings. The van der Waals surface area contributed by atoms with E-state index >= 15 is 0 Å². The van der Waals surface area contributed by atoms with Gasteiger partial charge < -0.3 is 10.1 Å². The van der Waals surface area contributed by atoms with Gasteiger partial charge >= 0.3 is 6.18 Å². The highest BCUT2D eigenvalue weighted by Gasteiger charge is 2.28. The van der Waals surface area contributed by atoms with Gasteiger partial charge in [-0.2, -0.15) is 13.2 Å². The molecule has 0 bridgehead atoms. The van der Waals surface area contributed by atoms with Gasteiger partial charge in [0.2, 0.25) is 0 Å². The van der Waals surface area contributed by atoms with Crippen LogP contribution in [0, 0.1) is 0 Å². The first-order chi connectivity index (χ1) is 9.94. The lowest BCUT2D eigenvalue weighted by Crippen LogP contribution is -2.19. The molecule has 0 saturated heterocycles. The molecule has 0 aliphatic heterocycles. The van der Waals surface area contributed by atoms with E-state index in [4.69, 9.17) is 16.3 Å². The summed E-state index contributed by atoms with van der Waals surface area (Å²) in [6.07, 6.45) is -4.36. The summed E-state index contributed by atoms with van der Waals surface area (Å²) < 4.78 is 41.4. The Kier molecular flexibility index (Phi) is 4.96. The molecule has 6 heteroatoms. The molecular weight excluding hydrogens is 303 g/mol. The Labute approximate surface area is 125 Å². The van der Waals surface area contributed by atoms with Crippen LogP contribution in [0.1, 0.15) is 5.56 Å². The van der Waals surface area contributed by atoms with Crippen LogP contribution in [-0.2, 0) is 6.54 Å². The minimum Gasteiger partial charge on any atom is -0.482 e. The highest BCUT2D eigenvalue weighted by molar-refractivity contribution is 6.30. The quantitative estimate of drug-likeness (QED) is 0.848. The van der Waals surface area contributed by atoms with Crippen LogP contribution in [-0.4, -0.2) is 12.8 Å². The number of rotatable bonds is 5. The Morgan fingerprint density at radius 3 is 2.33 bits per heavy atom. The molecule has 112 valence electrons. The molecule has 21 heavy (non-hydrogen) atoms. The normalized spacial score (nSPS) is 11.2. The number of benzene rings is 2. The monoisotopic (exact) mass is 315 g/mol. The summed E-state index contributed by atoms with van der Waals surface area (Å²) in [7, 11) is 0. The summed E-state index contributed by atoms with van der Waals surface area (Å²) >= 11 is 5.79. The maximum Gasteiger partial charge on any atom is 0.422 e. The van der Waals surface area contributed by atoms with E-state index in [1.807, 2.05) is 12.1 Å². The summed E-state index contributed by atoms with van der Waals surface area (Å²) in [4.78, 5) is 0. The molecule has 2 aromatic rings. The summed E-state index contributed by atoms with van der Waals surface area (Å²) in [6.45, 7) is -0.851. The first kappa shape index (κ1) is 15.5. The average molecular weight is 316 g/mol. The lowest BCUT2D eigenvalue weighted by atomic mass is 10.2. The van der Waals surface area contributed by atoms with E-state index in [-0.39, 0.29) is 5.75 Å². The Hall–Kier alpha value is -1.88. The number of hydrogen-bond donors (Lipinski definition) is 1. The molecule has 0 atom stereocenters. The molecular formula is C15H13ClF3NO. The van der Waals surface area contributed by atoms with E-state index in [0.717, 1.165) is 5.56 Å². The van der Waals surface area contributed by atoms with Crippen LogP contribution in [0.4, 0.5) is 18.9 Å². The second-order valence-electron chi connectivity index (χ2n) is 4.38. The Bertz CT molecular complexity index is 584. The van der Waals surface area contributed by atoms with Crippen LogP contribution in [0.5, 0.6) is 5.75 Å². The number of ether oxygens (including phenoxy) is 1. The zero-order valence-electron chi connectivity index (χ0n) is 11.0. The Balaban J connectivity index is 2.01. The van der Waals surface area contributed by atoms with Gasteiger partial charge in [-0.15, -0.1) is 0 Å². The van der Waals surface area contributed by atoms with Crippen molar-refractivity contribution in [2.45, 2.75) is 12.7 Å². The maximum absolute atomic E-state index is 12.2.